The number of nitro groups is 1. The van der Waals surface area contributed by atoms with Crippen molar-refractivity contribution in [2.24, 2.45) is 0 Å². The minimum atomic E-state index is -1.03. The zero-order chi connectivity index (χ0) is 20.7. The van der Waals surface area contributed by atoms with Crippen molar-refractivity contribution in [3.63, 3.8) is 0 Å². The van der Waals surface area contributed by atoms with Crippen LogP contribution in [0.5, 0.6) is 0 Å². The summed E-state index contributed by atoms with van der Waals surface area (Å²) in [6.07, 6.45) is 2.97. The second kappa shape index (κ2) is 7.27. The Hall–Kier alpha value is -3.29. The summed E-state index contributed by atoms with van der Waals surface area (Å²) >= 11 is 0. The van der Waals surface area contributed by atoms with Crippen LogP contribution in [-0.2, 0) is 14.4 Å². The van der Waals surface area contributed by atoms with E-state index in [1.165, 1.54) is 12.1 Å². The second-order valence-corrected chi connectivity index (χ2v) is 7.54. The third-order valence-corrected chi connectivity index (χ3v) is 5.79. The standard InChI is InChI=1S/C21H20N2O6/c24-16-8-2-6-14-20(16)19(12-4-1-5-13(10-12)23(28)29)21-15(7-3-9-17(21)25)22(14)11-18(26)27/h1,4-5,10,19H,2-3,6-9,11H2,(H,26,27). The molecule has 4 rings (SSSR count). The molecule has 2 aliphatic carbocycles. The molecule has 150 valence electrons. The van der Waals surface area contributed by atoms with Crippen LogP contribution in [0.15, 0.2) is 46.8 Å². The van der Waals surface area contributed by atoms with Crippen molar-refractivity contribution in [3.8, 4) is 0 Å². The highest BCUT2D eigenvalue weighted by molar-refractivity contribution is 6.06. The van der Waals surface area contributed by atoms with Gasteiger partial charge in [-0.3, -0.25) is 24.5 Å². The molecule has 8 heteroatoms. The Morgan fingerprint density at radius 1 is 1.07 bits per heavy atom. The van der Waals surface area contributed by atoms with E-state index in [4.69, 9.17) is 0 Å². The van der Waals surface area contributed by atoms with Gasteiger partial charge in [0, 0.05) is 53.4 Å². The maximum absolute atomic E-state index is 12.9. The molecule has 29 heavy (non-hydrogen) atoms. The first kappa shape index (κ1) is 19.0. The molecule has 1 heterocycles. The predicted octanol–water partition coefficient (Wildman–Crippen LogP) is 3.09. The molecule has 1 aromatic carbocycles. The number of benzene rings is 1. The molecule has 0 saturated heterocycles. The average molecular weight is 396 g/mol. The lowest BCUT2D eigenvalue weighted by atomic mass is 9.71. The van der Waals surface area contributed by atoms with E-state index < -0.39 is 16.8 Å². The quantitative estimate of drug-likeness (QED) is 0.614. The molecule has 0 bridgehead atoms. The lowest BCUT2D eigenvalue weighted by molar-refractivity contribution is -0.384. The predicted molar refractivity (Wildman–Crippen MR) is 102 cm³/mol. The molecular formula is C21H20N2O6. The average Bonchev–Trinajstić information content (AvgIpc) is 2.68. The van der Waals surface area contributed by atoms with E-state index >= 15 is 0 Å². The van der Waals surface area contributed by atoms with Crippen molar-refractivity contribution in [3.05, 3.63) is 62.5 Å². The number of nitro benzene ring substituents is 1. The van der Waals surface area contributed by atoms with Gasteiger partial charge in [0.25, 0.3) is 5.69 Å². The molecule has 0 atom stereocenters. The maximum Gasteiger partial charge on any atom is 0.323 e. The first-order valence-electron chi connectivity index (χ1n) is 9.64. The number of aliphatic carboxylic acids is 1. The number of nitrogens with zero attached hydrogens (tertiary/aromatic N) is 2. The molecule has 8 nitrogen and oxygen atoms in total. The van der Waals surface area contributed by atoms with Crippen LogP contribution in [0.4, 0.5) is 5.69 Å². The van der Waals surface area contributed by atoms with Gasteiger partial charge < -0.3 is 10.0 Å². The highest BCUT2D eigenvalue weighted by Crippen LogP contribution is 2.49. The Morgan fingerprint density at radius 2 is 1.66 bits per heavy atom. The van der Waals surface area contributed by atoms with Crippen molar-refractivity contribution in [2.75, 3.05) is 6.54 Å². The van der Waals surface area contributed by atoms with Gasteiger partial charge in [-0.25, -0.2) is 0 Å². The molecule has 0 fully saturated rings. The number of rotatable bonds is 4. The van der Waals surface area contributed by atoms with Gasteiger partial charge in [0.1, 0.15) is 6.54 Å². The molecular weight excluding hydrogens is 376 g/mol. The molecule has 0 radical (unpaired) electrons. The Labute approximate surface area is 166 Å². The molecule has 0 saturated carbocycles. The zero-order valence-corrected chi connectivity index (χ0v) is 15.7. The van der Waals surface area contributed by atoms with Gasteiger partial charge in [-0.1, -0.05) is 12.1 Å². The molecule has 0 unspecified atom stereocenters. The van der Waals surface area contributed by atoms with Crippen molar-refractivity contribution in [2.45, 2.75) is 44.4 Å². The largest absolute Gasteiger partial charge is 0.480 e. The van der Waals surface area contributed by atoms with Crippen LogP contribution in [0.2, 0.25) is 0 Å². The van der Waals surface area contributed by atoms with Crippen LogP contribution in [-0.4, -0.2) is 39.0 Å². The molecule has 0 amide bonds. The molecule has 1 aromatic rings. The van der Waals surface area contributed by atoms with E-state index in [9.17, 15) is 29.6 Å². The summed E-state index contributed by atoms with van der Waals surface area (Å²) in [4.78, 5) is 49.8. The highest BCUT2D eigenvalue weighted by atomic mass is 16.6. The highest BCUT2D eigenvalue weighted by Gasteiger charge is 2.43. The zero-order valence-electron chi connectivity index (χ0n) is 15.7. The Bertz CT molecular complexity index is 962. The summed E-state index contributed by atoms with van der Waals surface area (Å²) in [7, 11) is 0. The topological polar surface area (TPSA) is 118 Å². The summed E-state index contributed by atoms with van der Waals surface area (Å²) in [6, 6.07) is 6.04. The number of non-ortho nitro benzene ring substituents is 1. The molecule has 1 aliphatic heterocycles. The fourth-order valence-electron chi connectivity index (χ4n) is 4.69. The smallest absolute Gasteiger partial charge is 0.323 e. The number of hydrogen-bond acceptors (Lipinski definition) is 6. The van der Waals surface area contributed by atoms with E-state index in [1.54, 1.807) is 17.0 Å². The van der Waals surface area contributed by atoms with Gasteiger partial charge in [0.15, 0.2) is 11.6 Å². The van der Waals surface area contributed by atoms with Crippen LogP contribution >= 0.6 is 0 Å². The van der Waals surface area contributed by atoms with E-state index in [1.807, 2.05) is 0 Å². The van der Waals surface area contributed by atoms with E-state index in [0.29, 0.717) is 66.6 Å². The third-order valence-electron chi connectivity index (χ3n) is 5.79. The molecule has 3 aliphatic rings. The summed E-state index contributed by atoms with van der Waals surface area (Å²) in [6.45, 7) is -0.306. The monoisotopic (exact) mass is 396 g/mol. The summed E-state index contributed by atoms with van der Waals surface area (Å²) in [5.74, 6) is -1.95. The number of carbonyl (C=O) groups excluding carboxylic acids is 2. The van der Waals surface area contributed by atoms with Crippen molar-refractivity contribution in [1.82, 2.24) is 4.90 Å². The second-order valence-electron chi connectivity index (χ2n) is 7.54. The summed E-state index contributed by atoms with van der Waals surface area (Å²) < 4.78 is 0. The van der Waals surface area contributed by atoms with Gasteiger partial charge in [-0.15, -0.1) is 0 Å². The minimum absolute atomic E-state index is 0.105. The lowest BCUT2D eigenvalue weighted by Gasteiger charge is -2.43. The summed E-state index contributed by atoms with van der Waals surface area (Å²) in [5.41, 5.74) is 2.56. The van der Waals surface area contributed by atoms with Crippen molar-refractivity contribution in [1.29, 1.82) is 0 Å². The van der Waals surface area contributed by atoms with Crippen LogP contribution in [0, 0.1) is 10.1 Å². The number of carboxylic acids is 1. The molecule has 1 N–H and O–H groups in total. The van der Waals surface area contributed by atoms with Crippen molar-refractivity contribution < 1.29 is 24.4 Å². The number of ketones is 2. The number of hydrogen-bond donors (Lipinski definition) is 1. The van der Waals surface area contributed by atoms with Gasteiger partial charge in [-0.05, 0) is 31.2 Å². The lowest BCUT2D eigenvalue weighted by Crippen LogP contribution is -2.41. The van der Waals surface area contributed by atoms with Gasteiger partial charge >= 0.3 is 5.97 Å². The van der Waals surface area contributed by atoms with Crippen LogP contribution in [0.3, 0.4) is 0 Å². The summed E-state index contributed by atoms with van der Waals surface area (Å²) in [5, 5.41) is 20.7. The maximum atomic E-state index is 12.9. The van der Waals surface area contributed by atoms with Crippen LogP contribution in [0.25, 0.3) is 0 Å². The molecule has 0 aromatic heterocycles. The fraction of sp³-hybridized carbons (Fsp3) is 0.381. The Morgan fingerprint density at radius 3 is 2.17 bits per heavy atom. The van der Waals surface area contributed by atoms with E-state index in [-0.39, 0.29) is 23.8 Å². The Kier molecular flexibility index (Phi) is 4.77. The van der Waals surface area contributed by atoms with Gasteiger partial charge in [0.2, 0.25) is 0 Å². The fourth-order valence-corrected chi connectivity index (χ4v) is 4.69. The first-order chi connectivity index (χ1) is 13.9. The normalized spacial score (nSPS) is 19.9. The number of carboxylic acid groups (broad SMARTS) is 1. The Balaban J connectivity index is 1.96. The first-order valence-corrected chi connectivity index (χ1v) is 9.64. The van der Waals surface area contributed by atoms with E-state index in [0.717, 1.165) is 0 Å². The van der Waals surface area contributed by atoms with Gasteiger partial charge in [-0.2, -0.15) is 0 Å². The van der Waals surface area contributed by atoms with Gasteiger partial charge in [0.05, 0.1) is 4.92 Å². The minimum Gasteiger partial charge on any atom is -0.480 e. The number of allylic oxidation sites excluding steroid dienone is 4. The number of carbonyl (C=O) groups is 3. The van der Waals surface area contributed by atoms with E-state index in [2.05, 4.69) is 0 Å². The van der Waals surface area contributed by atoms with Crippen molar-refractivity contribution >= 4 is 23.2 Å². The van der Waals surface area contributed by atoms with Crippen LogP contribution < -0.4 is 0 Å². The third kappa shape index (κ3) is 3.24. The number of Topliss-reactive ketones (excluding diaryl/α,β-unsaturated/α-hetero) is 2. The molecule has 0 spiro atoms. The van der Waals surface area contributed by atoms with Crippen LogP contribution in [0.1, 0.15) is 50.0 Å². The SMILES string of the molecule is O=C(O)CN1C2=C(C(=O)CCC2)C(c2cccc([N+](=O)[O-])c2)C2=C1CCCC2=O.